The summed E-state index contributed by atoms with van der Waals surface area (Å²) in [6.07, 6.45) is -3.85. The van der Waals surface area contributed by atoms with Crippen molar-refractivity contribution in [1.29, 1.82) is 0 Å². The Morgan fingerprint density at radius 2 is 1.75 bits per heavy atom. The van der Waals surface area contributed by atoms with Gasteiger partial charge in [0.2, 0.25) is 5.95 Å². The summed E-state index contributed by atoms with van der Waals surface area (Å²) in [5, 5.41) is 2.58. The molecule has 4 rings (SSSR count). The molecule has 11 nitrogen and oxygen atoms in total. The molecule has 0 spiro atoms. The second kappa shape index (κ2) is 12.0. The van der Waals surface area contributed by atoms with Crippen LogP contribution in [0.5, 0.6) is 0 Å². The van der Waals surface area contributed by atoms with Crippen LogP contribution in [0.4, 0.5) is 34.0 Å². The van der Waals surface area contributed by atoms with Crippen LogP contribution in [-0.4, -0.2) is 92.0 Å². The van der Waals surface area contributed by atoms with Gasteiger partial charge in [-0.1, -0.05) is 13.8 Å². The fourth-order valence-corrected chi connectivity index (χ4v) is 5.86. The SMILES string of the molecule is CC(C)[C@@H]1CN(c2ccc(F)c(S(C)(=O)=O)c2)CCN1c1ncc(C(=O)N2CC(NC(=O)OC(C)(C)C)C2)c(C(F)(F)F)n1. The number of amides is 2. The van der Waals surface area contributed by atoms with Gasteiger partial charge < -0.3 is 24.8 Å². The zero-order valence-electron chi connectivity index (χ0n) is 25.3. The predicted molar refractivity (Wildman–Crippen MR) is 154 cm³/mol. The minimum atomic E-state index is -4.95. The number of benzene rings is 1. The topological polar surface area (TPSA) is 125 Å². The number of sulfone groups is 1. The van der Waals surface area contributed by atoms with Crippen molar-refractivity contribution in [1.82, 2.24) is 20.2 Å². The molecule has 0 saturated carbocycles. The summed E-state index contributed by atoms with van der Waals surface area (Å²) >= 11 is 0. The number of alkyl carbamates (subject to hydrolysis) is 1. The van der Waals surface area contributed by atoms with Crippen LogP contribution < -0.4 is 15.1 Å². The molecule has 1 atom stereocenters. The van der Waals surface area contributed by atoms with Gasteiger partial charge in [0.15, 0.2) is 15.5 Å². The highest BCUT2D eigenvalue weighted by Gasteiger charge is 2.43. The highest BCUT2D eigenvalue weighted by atomic mass is 32.2. The number of nitrogens with zero attached hydrogens (tertiary/aromatic N) is 5. The molecular formula is C28H36F4N6O5S. The smallest absolute Gasteiger partial charge is 0.434 e. The molecule has 2 amide bonds. The van der Waals surface area contributed by atoms with Gasteiger partial charge in [-0.3, -0.25) is 4.79 Å². The number of hydrogen-bond acceptors (Lipinski definition) is 9. The summed E-state index contributed by atoms with van der Waals surface area (Å²) in [7, 11) is -3.82. The van der Waals surface area contributed by atoms with E-state index in [-0.39, 0.29) is 44.6 Å². The van der Waals surface area contributed by atoms with Crippen LogP contribution >= 0.6 is 0 Å². The number of rotatable bonds is 6. The molecule has 2 aliphatic rings. The Labute approximate surface area is 253 Å². The second-order valence-electron chi connectivity index (χ2n) is 12.3. The van der Waals surface area contributed by atoms with Crippen molar-refractivity contribution in [3.8, 4) is 0 Å². The molecule has 1 N–H and O–H groups in total. The van der Waals surface area contributed by atoms with Crippen molar-refractivity contribution in [2.24, 2.45) is 5.92 Å². The first-order valence-corrected chi connectivity index (χ1v) is 15.9. The first kappa shape index (κ1) is 33.2. The van der Waals surface area contributed by atoms with Gasteiger partial charge in [-0.15, -0.1) is 0 Å². The number of ether oxygens (including phenoxy) is 1. The number of anilines is 2. The maximum atomic E-state index is 14.2. The average molecular weight is 645 g/mol. The normalized spacial score (nSPS) is 18.3. The van der Waals surface area contributed by atoms with Crippen molar-refractivity contribution in [3.05, 3.63) is 41.5 Å². The zero-order chi connectivity index (χ0) is 32.8. The molecule has 2 fully saturated rings. The molecule has 0 bridgehead atoms. The van der Waals surface area contributed by atoms with Gasteiger partial charge >= 0.3 is 12.3 Å². The maximum Gasteiger partial charge on any atom is 0.434 e. The fraction of sp³-hybridized carbons (Fsp3) is 0.571. The van der Waals surface area contributed by atoms with Crippen molar-refractivity contribution >= 4 is 33.5 Å². The van der Waals surface area contributed by atoms with E-state index in [0.29, 0.717) is 5.69 Å². The van der Waals surface area contributed by atoms with Gasteiger partial charge in [-0.2, -0.15) is 13.2 Å². The average Bonchev–Trinajstić information content (AvgIpc) is 2.87. The van der Waals surface area contributed by atoms with E-state index in [9.17, 15) is 35.6 Å². The van der Waals surface area contributed by atoms with E-state index < -0.39 is 67.7 Å². The first-order chi connectivity index (χ1) is 20.2. The minimum Gasteiger partial charge on any atom is -0.444 e. The molecule has 1 aromatic carbocycles. The Bertz CT molecular complexity index is 1520. The van der Waals surface area contributed by atoms with E-state index in [4.69, 9.17) is 4.74 Å². The van der Waals surface area contributed by atoms with Crippen LogP contribution in [0.1, 0.15) is 50.7 Å². The van der Waals surface area contributed by atoms with E-state index >= 15 is 0 Å². The molecule has 2 saturated heterocycles. The lowest BCUT2D eigenvalue weighted by molar-refractivity contribution is -0.141. The lowest BCUT2D eigenvalue weighted by atomic mass is 9.99. The van der Waals surface area contributed by atoms with Crippen LogP contribution in [0.15, 0.2) is 29.3 Å². The molecule has 242 valence electrons. The number of carbonyl (C=O) groups is 2. The van der Waals surface area contributed by atoms with Crippen LogP contribution in [0.2, 0.25) is 0 Å². The fourth-order valence-electron chi connectivity index (χ4n) is 5.10. The monoisotopic (exact) mass is 644 g/mol. The Morgan fingerprint density at radius 1 is 1.09 bits per heavy atom. The number of alkyl halides is 3. The van der Waals surface area contributed by atoms with Crippen LogP contribution in [0.25, 0.3) is 0 Å². The third kappa shape index (κ3) is 7.50. The number of aromatic nitrogens is 2. The van der Waals surface area contributed by atoms with E-state index in [1.165, 1.54) is 17.0 Å². The number of halogens is 4. The van der Waals surface area contributed by atoms with Crippen molar-refractivity contribution < 1.29 is 40.3 Å². The molecule has 0 aliphatic carbocycles. The molecule has 2 aliphatic heterocycles. The van der Waals surface area contributed by atoms with E-state index in [1.54, 1.807) is 25.7 Å². The third-order valence-corrected chi connectivity index (χ3v) is 8.40. The Hall–Kier alpha value is -3.69. The third-order valence-electron chi connectivity index (χ3n) is 7.29. The summed E-state index contributed by atoms with van der Waals surface area (Å²) in [5.41, 5.74) is -2.33. The molecule has 3 heterocycles. The van der Waals surface area contributed by atoms with E-state index in [2.05, 4.69) is 15.3 Å². The lowest BCUT2D eigenvalue weighted by Crippen LogP contribution is -2.61. The summed E-state index contributed by atoms with van der Waals surface area (Å²) in [6, 6.07) is 2.92. The van der Waals surface area contributed by atoms with E-state index in [0.717, 1.165) is 18.5 Å². The minimum absolute atomic E-state index is 0.00105. The Morgan fingerprint density at radius 3 is 2.32 bits per heavy atom. The van der Waals surface area contributed by atoms with Gasteiger partial charge in [-0.25, -0.2) is 27.6 Å². The molecule has 1 aromatic heterocycles. The molecule has 44 heavy (non-hydrogen) atoms. The number of carbonyl (C=O) groups excluding carboxylic acids is 2. The van der Waals surface area contributed by atoms with Gasteiger partial charge in [0, 0.05) is 50.9 Å². The van der Waals surface area contributed by atoms with Gasteiger partial charge in [-0.05, 0) is 44.9 Å². The summed E-state index contributed by atoms with van der Waals surface area (Å²) < 4.78 is 86.1. The maximum absolute atomic E-state index is 14.2. The standard InChI is InChI=1S/C28H36F4N6O5S/c1-16(2)21-15-36(18-7-8-20(29)22(11-18)44(6,41)42)9-10-38(21)25-33-12-19(23(35-25)28(30,31)32)24(39)37-13-17(14-37)34-26(40)43-27(3,4)5/h7-8,11-12,16-17,21H,9-10,13-15H2,1-6H3,(H,34,40)/t21-/m0/s1. The van der Waals surface area contributed by atoms with Gasteiger partial charge in [0.1, 0.15) is 16.3 Å². The molecular weight excluding hydrogens is 608 g/mol. The number of piperazine rings is 1. The van der Waals surface area contributed by atoms with Crippen molar-refractivity contribution in [2.75, 3.05) is 48.8 Å². The highest BCUT2D eigenvalue weighted by Crippen LogP contribution is 2.34. The zero-order valence-corrected chi connectivity index (χ0v) is 26.1. The number of nitrogens with one attached hydrogen (secondary N) is 1. The second-order valence-corrected chi connectivity index (χ2v) is 14.3. The van der Waals surface area contributed by atoms with Crippen molar-refractivity contribution in [3.63, 3.8) is 0 Å². The molecule has 0 radical (unpaired) electrons. The quantitative estimate of drug-likeness (QED) is 0.469. The Balaban J connectivity index is 1.53. The number of hydrogen-bond donors (Lipinski definition) is 1. The van der Waals surface area contributed by atoms with Gasteiger partial charge in [0.25, 0.3) is 5.91 Å². The number of likely N-dealkylation sites (tertiary alicyclic amines) is 1. The molecule has 16 heteroatoms. The van der Waals surface area contributed by atoms with Crippen molar-refractivity contribution in [2.45, 2.75) is 63.4 Å². The van der Waals surface area contributed by atoms with Crippen LogP contribution in [0.3, 0.4) is 0 Å². The van der Waals surface area contributed by atoms with E-state index in [1.807, 2.05) is 18.7 Å². The predicted octanol–water partition coefficient (Wildman–Crippen LogP) is 3.74. The first-order valence-electron chi connectivity index (χ1n) is 14.0. The Kier molecular flexibility index (Phi) is 9.06. The highest BCUT2D eigenvalue weighted by molar-refractivity contribution is 7.90. The summed E-state index contributed by atoms with van der Waals surface area (Å²) in [4.78, 5) is 37.2. The molecule has 0 unspecified atom stereocenters. The lowest BCUT2D eigenvalue weighted by Gasteiger charge is -2.44. The van der Waals surface area contributed by atoms with Gasteiger partial charge in [0.05, 0.1) is 17.6 Å². The summed E-state index contributed by atoms with van der Waals surface area (Å²) in [6.45, 7) is 9.55. The van der Waals surface area contributed by atoms with Crippen LogP contribution in [0, 0.1) is 11.7 Å². The summed E-state index contributed by atoms with van der Waals surface area (Å²) in [5.74, 6) is -2.07. The largest absolute Gasteiger partial charge is 0.444 e. The van der Waals surface area contributed by atoms with Crippen LogP contribution in [-0.2, 0) is 20.8 Å². The molecule has 2 aromatic rings.